The van der Waals surface area contributed by atoms with E-state index in [-0.39, 0.29) is 38.7 Å². The molecule has 2 aromatic rings. The Hall–Kier alpha value is -3.83. The SMILES string of the molecule is COC(=O)[C@H]1[C@H]2C(=O)N(Cc3ccc(OC)cc3OC)C[C@@]2(CO)O[C@]12COC(=O)N(Cc1ccccc1)C2. The van der Waals surface area contributed by atoms with Crippen molar-refractivity contribution in [2.75, 3.05) is 47.6 Å². The third kappa shape index (κ3) is 4.55. The smallest absolute Gasteiger partial charge is 0.410 e. The highest BCUT2D eigenvalue weighted by molar-refractivity contribution is 5.90. The van der Waals surface area contributed by atoms with E-state index in [9.17, 15) is 19.5 Å². The molecule has 1 N–H and O–H groups in total. The second-order valence-electron chi connectivity index (χ2n) is 10.1. The van der Waals surface area contributed by atoms with Gasteiger partial charge in [-0.2, -0.15) is 0 Å². The van der Waals surface area contributed by atoms with Gasteiger partial charge in [0, 0.05) is 24.7 Å². The number of fused-ring (bicyclic) bond motifs is 1. The van der Waals surface area contributed by atoms with Crippen LogP contribution in [0, 0.1) is 11.8 Å². The number of aliphatic hydroxyl groups excluding tert-OH is 1. The van der Waals surface area contributed by atoms with Crippen LogP contribution in [-0.2, 0) is 36.9 Å². The predicted octanol–water partition coefficient (Wildman–Crippen LogP) is 1.60. The molecule has 3 aliphatic heterocycles. The number of methoxy groups -OCH3 is 3. The van der Waals surface area contributed by atoms with Crippen LogP contribution in [0.4, 0.5) is 4.79 Å². The van der Waals surface area contributed by atoms with Crippen LogP contribution in [0.1, 0.15) is 11.1 Å². The van der Waals surface area contributed by atoms with Crippen LogP contribution in [0.2, 0.25) is 0 Å². The number of aliphatic hydroxyl groups is 1. The van der Waals surface area contributed by atoms with E-state index < -0.39 is 41.7 Å². The summed E-state index contributed by atoms with van der Waals surface area (Å²) >= 11 is 0. The molecule has 0 radical (unpaired) electrons. The maximum absolute atomic E-state index is 13.9. The maximum Gasteiger partial charge on any atom is 0.410 e. The number of likely N-dealkylation sites (tertiary alicyclic amines) is 1. The molecule has 4 atom stereocenters. The second-order valence-corrected chi connectivity index (χ2v) is 10.1. The number of ether oxygens (including phenoxy) is 5. The molecule has 0 aliphatic carbocycles. The van der Waals surface area contributed by atoms with Crippen molar-refractivity contribution in [3.05, 3.63) is 59.7 Å². The van der Waals surface area contributed by atoms with Crippen LogP contribution >= 0.6 is 0 Å². The highest BCUT2D eigenvalue weighted by atomic mass is 16.6. The molecule has 3 fully saturated rings. The Kier molecular flexibility index (Phi) is 7.13. The summed E-state index contributed by atoms with van der Waals surface area (Å²) in [5.74, 6) is -2.01. The topological polar surface area (TPSA) is 124 Å². The van der Waals surface area contributed by atoms with E-state index in [1.54, 1.807) is 30.2 Å². The predicted molar refractivity (Wildman–Crippen MR) is 136 cm³/mol. The number of cyclic esters (lactones) is 1. The molecule has 39 heavy (non-hydrogen) atoms. The molecule has 208 valence electrons. The van der Waals surface area contributed by atoms with Gasteiger partial charge in [0.15, 0.2) is 0 Å². The first-order valence-electron chi connectivity index (χ1n) is 12.6. The number of carbonyl (C=O) groups is 3. The number of esters is 1. The zero-order valence-electron chi connectivity index (χ0n) is 22.1. The summed E-state index contributed by atoms with van der Waals surface area (Å²) in [6, 6.07) is 14.6. The van der Waals surface area contributed by atoms with E-state index in [0.29, 0.717) is 11.5 Å². The molecule has 11 nitrogen and oxygen atoms in total. The highest BCUT2D eigenvalue weighted by Gasteiger charge is 2.73. The number of amides is 2. The number of nitrogens with zero attached hydrogens (tertiary/aromatic N) is 2. The Morgan fingerprint density at radius 2 is 1.79 bits per heavy atom. The van der Waals surface area contributed by atoms with Gasteiger partial charge < -0.3 is 38.6 Å². The average molecular weight is 541 g/mol. The Labute approximate surface area is 226 Å². The standard InChI is InChI=1S/C28H32N2O9/c1-35-20-10-9-19(21(11-20)36-2)13-29-14-27(16-31)22(24(29)32)23(25(33)37-3)28(39-27)15-30(26(34)38-17-28)12-18-7-5-4-6-8-18/h4-11,22-23,31H,12-17H2,1-3H3/t22-,23+,27-,28+/m0/s1. The van der Waals surface area contributed by atoms with Crippen LogP contribution in [-0.4, -0.2) is 91.7 Å². The molecule has 2 amide bonds. The number of benzene rings is 2. The van der Waals surface area contributed by atoms with Gasteiger partial charge in [0.2, 0.25) is 5.91 Å². The summed E-state index contributed by atoms with van der Waals surface area (Å²) in [4.78, 5) is 42.9. The molecule has 3 saturated heterocycles. The molecule has 5 rings (SSSR count). The lowest BCUT2D eigenvalue weighted by atomic mass is 9.75. The third-order valence-electron chi connectivity index (χ3n) is 7.86. The van der Waals surface area contributed by atoms with Gasteiger partial charge >= 0.3 is 12.1 Å². The van der Waals surface area contributed by atoms with Crippen LogP contribution in [0.3, 0.4) is 0 Å². The van der Waals surface area contributed by atoms with Gasteiger partial charge in [0.05, 0.1) is 46.9 Å². The monoisotopic (exact) mass is 540 g/mol. The molecule has 0 unspecified atom stereocenters. The number of carbonyl (C=O) groups excluding carboxylic acids is 3. The lowest BCUT2D eigenvalue weighted by molar-refractivity contribution is -0.185. The largest absolute Gasteiger partial charge is 0.497 e. The van der Waals surface area contributed by atoms with E-state index >= 15 is 0 Å². The fourth-order valence-corrected chi connectivity index (χ4v) is 6.10. The second kappa shape index (κ2) is 10.4. The average Bonchev–Trinajstić information content (AvgIpc) is 3.38. The first kappa shape index (κ1) is 26.8. The summed E-state index contributed by atoms with van der Waals surface area (Å²) in [5.41, 5.74) is -1.17. The summed E-state index contributed by atoms with van der Waals surface area (Å²) < 4.78 is 28.0. The zero-order valence-corrected chi connectivity index (χ0v) is 22.1. The molecule has 0 bridgehead atoms. The van der Waals surface area contributed by atoms with Crippen molar-refractivity contribution >= 4 is 18.0 Å². The van der Waals surface area contributed by atoms with E-state index in [4.69, 9.17) is 23.7 Å². The fourth-order valence-electron chi connectivity index (χ4n) is 6.10. The van der Waals surface area contributed by atoms with Gasteiger partial charge in [-0.1, -0.05) is 30.3 Å². The van der Waals surface area contributed by atoms with Crippen molar-refractivity contribution in [3.8, 4) is 11.5 Å². The maximum atomic E-state index is 13.9. The van der Waals surface area contributed by atoms with E-state index in [1.165, 1.54) is 19.1 Å². The van der Waals surface area contributed by atoms with E-state index in [2.05, 4.69) is 0 Å². The molecular weight excluding hydrogens is 508 g/mol. The molecule has 2 aromatic carbocycles. The van der Waals surface area contributed by atoms with E-state index in [1.807, 2.05) is 30.3 Å². The van der Waals surface area contributed by atoms with Gasteiger partial charge in [0.25, 0.3) is 0 Å². The van der Waals surface area contributed by atoms with Crippen molar-refractivity contribution in [1.82, 2.24) is 9.80 Å². The minimum absolute atomic E-state index is 0.00166. The lowest BCUT2D eigenvalue weighted by Crippen LogP contribution is -2.60. The molecule has 0 saturated carbocycles. The Balaban J connectivity index is 1.45. The Morgan fingerprint density at radius 1 is 1.03 bits per heavy atom. The van der Waals surface area contributed by atoms with Crippen LogP contribution in [0.5, 0.6) is 11.5 Å². The molecular formula is C28H32N2O9. The van der Waals surface area contributed by atoms with Gasteiger partial charge in [-0.15, -0.1) is 0 Å². The van der Waals surface area contributed by atoms with Crippen LogP contribution < -0.4 is 9.47 Å². The molecule has 0 aromatic heterocycles. The quantitative estimate of drug-likeness (QED) is 0.497. The summed E-state index contributed by atoms with van der Waals surface area (Å²) in [6.45, 7) is -0.324. The van der Waals surface area contributed by atoms with E-state index in [0.717, 1.165) is 11.1 Å². The Bertz CT molecular complexity index is 1250. The van der Waals surface area contributed by atoms with Gasteiger partial charge in [-0.05, 0) is 17.7 Å². The molecule has 3 heterocycles. The number of hydrogen-bond donors (Lipinski definition) is 1. The van der Waals surface area contributed by atoms with Crippen molar-refractivity contribution in [1.29, 1.82) is 0 Å². The summed E-state index contributed by atoms with van der Waals surface area (Å²) in [7, 11) is 4.32. The zero-order chi connectivity index (χ0) is 27.8. The summed E-state index contributed by atoms with van der Waals surface area (Å²) in [5, 5.41) is 10.6. The van der Waals surface area contributed by atoms with Gasteiger partial charge in [-0.25, -0.2) is 4.79 Å². The lowest BCUT2D eigenvalue weighted by Gasteiger charge is -2.43. The van der Waals surface area contributed by atoms with Crippen molar-refractivity contribution in [3.63, 3.8) is 0 Å². The highest BCUT2D eigenvalue weighted by Crippen LogP contribution is 2.53. The van der Waals surface area contributed by atoms with Crippen LogP contribution in [0.15, 0.2) is 48.5 Å². The molecule has 3 aliphatic rings. The minimum Gasteiger partial charge on any atom is -0.497 e. The first-order chi connectivity index (χ1) is 18.8. The Morgan fingerprint density at radius 3 is 2.46 bits per heavy atom. The van der Waals surface area contributed by atoms with Crippen LogP contribution in [0.25, 0.3) is 0 Å². The van der Waals surface area contributed by atoms with Crippen molar-refractivity contribution in [2.24, 2.45) is 11.8 Å². The third-order valence-corrected chi connectivity index (χ3v) is 7.86. The fraction of sp³-hybridized carbons (Fsp3) is 0.464. The number of rotatable bonds is 8. The molecule has 11 heteroatoms. The van der Waals surface area contributed by atoms with Crippen molar-refractivity contribution < 1.29 is 43.2 Å². The normalized spacial score (nSPS) is 27.9. The molecule has 1 spiro atoms. The first-order valence-corrected chi connectivity index (χ1v) is 12.6. The number of hydrogen-bond acceptors (Lipinski definition) is 9. The van der Waals surface area contributed by atoms with Gasteiger partial charge in [-0.3, -0.25) is 9.59 Å². The summed E-state index contributed by atoms with van der Waals surface area (Å²) in [6.07, 6.45) is -0.550. The van der Waals surface area contributed by atoms with Gasteiger partial charge in [0.1, 0.15) is 35.2 Å². The minimum atomic E-state index is -1.39. The van der Waals surface area contributed by atoms with Crippen molar-refractivity contribution in [2.45, 2.75) is 24.3 Å².